The minimum Gasteiger partial charge on any atom is -0.493 e. The number of hydrogen-bond acceptors (Lipinski definition) is 8. The van der Waals surface area contributed by atoms with E-state index < -0.39 is 11.5 Å². The number of methoxy groups -OCH3 is 4. The van der Waals surface area contributed by atoms with Crippen LogP contribution < -0.4 is 18.9 Å². The van der Waals surface area contributed by atoms with E-state index in [4.69, 9.17) is 18.9 Å². The smallest absolute Gasteiger partial charge is 0.161 e. The average Bonchev–Trinajstić information content (AvgIpc) is 2.89. The molecule has 0 radical (unpaired) electrons. The Kier molecular flexibility index (Phi) is 10.8. The summed E-state index contributed by atoms with van der Waals surface area (Å²) in [5.74, 6) is 2.29. The molecule has 36 heavy (non-hydrogen) atoms. The van der Waals surface area contributed by atoms with Crippen LogP contribution in [0.25, 0.3) is 0 Å². The Hall–Kier alpha value is -2.99. The van der Waals surface area contributed by atoms with E-state index in [1.165, 1.54) is 0 Å². The largest absolute Gasteiger partial charge is 0.493 e. The fraction of sp³-hybridized carbons (Fsp3) is 0.536. The van der Waals surface area contributed by atoms with Gasteiger partial charge in [-0.15, -0.1) is 0 Å². The van der Waals surface area contributed by atoms with Crippen LogP contribution in [-0.4, -0.2) is 69.8 Å². The molecule has 0 heterocycles. The van der Waals surface area contributed by atoms with E-state index in [2.05, 4.69) is 6.07 Å². The Morgan fingerprint density at radius 2 is 1.47 bits per heavy atom. The first-order valence-corrected chi connectivity index (χ1v) is 12.0. The van der Waals surface area contributed by atoms with Gasteiger partial charge in [0.2, 0.25) is 0 Å². The number of aliphatic hydroxyl groups is 2. The minimum atomic E-state index is -0.896. The van der Waals surface area contributed by atoms with Crippen LogP contribution in [0, 0.1) is 17.2 Å². The summed E-state index contributed by atoms with van der Waals surface area (Å²) in [6, 6.07) is 11.6. The highest BCUT2D eigenvalue weighted by Gasteiger charge is 2.39. The lowest BCUT2D eigenvalue weighted by atomic mass is 9.69. The van der Waals surface area contributed by atoms with Crippen LogP contribution in [0.1, 0.15) is 37.0 Å². The highest BCUT2D eigenvalue weighted by atomic mass is 16.5. The van der Waals surface area contributed by atoms with Crippen molar-refractivity contribution in [3.63, 3.8) is 0 Å². The van der Waals surface area contributed by atoms with Crippen LogP contribution in [0.3, 0.4) is 0 Å². The van der Waals surface area contributed by atoms with Crippen molar-refractivity contribution in [1.29, 1.82) is 5.26 Å². The third-order valence-corrected chi connectivity index (χ3v) is 6.80. The molecule has 8 heteroatoms. The van der Waals surface area contributed by atoms with E-state index in [0.717, 1.165) is 16.7 Å². The molecule has 0 spiro atoms. The van der Waals surface area contributed by atoms with Crippen molar-refractivity contribution >= 4 is 0 Å². The standard InChI is InChI=1S/C28H40N2O6/c1-19(2)28(18-29,22-8-9-24(33-4)27(14-22)36-7)15-23(32)16-30(3)11-10-20-12-25(34-5)26(35-6)13-21(20)17-31/h8-9,12-14,19,23,31-32H,10-11,15-17H2,1-7H3. The second kappa shape index (κ2) is 13.4. The average molecular weight is 501 g/mol. The highest BCUT2D eigenvalue weighted by molar-refractivity contribution is 5.48. The van der Waals surface area contributed by atoms with Crippen molar-refractivity contribution in [3.05, 3.63) is 47.0 Å². The summed E-state index contributed by atoms with van der Waals surface area (Å²) < 4.78 is 21.5. The fourth-order valence-electron chi connectivity index (χ4n) is 4.58. The molecular weight excluding hydrogens is 460 g/mol. The number of likely N-dealkylation sites (N-methyl/N-ethyl adjacent to an activating group) is 1. The third-order valence-electron chi connectivity index (χ3n) is 6.80. The van der Waals surface area contributed by atoms with Crippen LogP contribution in [0.4, 0.5) is 0 Å². The Balaban J connectivity index is 2.16. The molecule has 0 aliphatic carbocycles. The zero-order chi connectivity index (χ0) is 26.9. The molecule has 2 aromatic carbocycles. The van der Waals surface area contributed by atoms with Crippen LogP contribution in [-0.2, 0) is 18.4 Å². The molecule has 0 aliphatic rings. The molecule has 0 saturated carbocycles. The number of nitriles is 1. The van der Waals surface area contributed by atoms with Crippen molar-refractivity contribution in [1.82, 2.24) is 4.90 Å². The zero-order valence-corrected chi connectivity index (χ0v) is 22.5. The predicted octanol–water partition coefficient (Wildman–Crippen LogP) is 3.56. The molecule has 2 rings (SSSR count). The molecule has 2 unspecified atom stereocenters. The van der Waals surface area contributed by atoms with Gasteiger partial charge in [0.15, 0.2) is 23.0 Å². The number of rotatable bonds is 14. The number of hydrogen-bond donors (Lipinski definition) is 2. The normalized spacial score (nSPS) is 13.7. The number of benzene rings is 2. The van der Waals surface area contributed by atoms with Gasteiger partial charge in [0.25, 0.3) is 0 Å². The monoisotopic (exact) mass is 500 g/mol. The maximum atomic E-state index is 11.0. The minimum absolute atomic E-state index is 0.0422. The zero-order valence-electron chi connectivity index (χ0n) is 22.5. The molecule has 2 atom stereocenters. The van der Waals surface area contributed by atoms with Crippen LogP contribution >= 0.6 is 0 Å². The second-order valence-corrected chi connectivity index (χ2v) is 9.31. The topological polar surface area (TPSA) is 104 Å². The number of aliphatic hydroxyl groups excluding tert-OH is 2. The molecule has 0 amide bonds. The SMILES string of the molecule is COc1ccc(C(C#N)(CC(O)CN(C)CCc2cc(OC)c(OC)cc2CO)C(C)C)cc1OC. The summed E-state index contributed by atoms with van der Waals surface area (Å²) in [6.45, 7) is 4.92. The molecule has 2 aromatic rings. The van der Waals surface area contributed by atoms with Crippen LogP contribution in [0.15, 0.2) is 30.3 Å². The van der Waals surface area contributed by atoms with Gasteiger partial charge < -0.3 is 34.1 Å². The molecule has 2 N–H and O–H groups in total. The van der Waals surface area contributed by atoms with E-state index >= 15 is 0 Å². The van der Waals surface area contributed by atoms with Gasteiger partial charge in [-0.1, -0.05) is 19.9 Å². The van der Waals surface area contributed by atoms with Gasteiger partial charge in [-0.3, -0.25) is 0 Å². The Bertz CT molecular complexity index is 1040. The summed E-state index contributed by atoms with van der Waals surface area (Å²) in [4.78, 5) is 2.03. The molecule has 8 nitrogen and oxygen atoms in total. The van der Waals surface area contributed by atoms with Gasteiger partial charge in [0.05, 0.1) is 52.6 Å². The predicted molar refractivity (Wildman–Crippen MR) is 139 cm³/mol. The van der Waals surface area contributed by atoms with Gasteiger partial charge in [-0.2, -0.15) is 5.26 Å². The molecule has 198 valence electrons. The Morgan fingerprint density at radius 1 is 0.917 bits per heavy atom. The van der Waals surface area contributed by atoms with Crippen molar-refractivity contribution in [2.45, 2.75) is 44.8 Å². The van der Waals surface area contributed by atoms with Gasteiger partial charge >= 0.3 is 0 Å². The lowest BCUT2D eigenvalue weighted by Gasteiger charge is -2.34. The van der Waals surface area contributed by atoms with Gasteiger partial charge in [0, 0.05) is 13.1 Å². The van der Waals surface area contributed by atoms with Crippen molar-refractivity contribution < 1.29 is 29.2 Å². The summed E-state index contributed by atoms with van der Waals surface area (Å²) >= 11 is 0. The first-order valence-electron chi connectivity index (χ1n) is 12.0. The molecule has 0 aromatic heterocycles. The lowest BCUT2D eigenvalue weighted by molar-refractivity contribution is 0.0932. The van der Waals surface area contributed by atoms with Gasteiger partial charge in [-0.05, 0) is 66.8 Å². The van der Waals surface area contributed by atoms with E-state index in [1.807, 2.05) is 44.0 Å². The highest BCUT2D eigenvalue weighted by Crippen LogP contribution is 2.40. The van der Waals surface area contributed by atoms with Gasteiger partial charge in [-0.25, -0.2) is 0 Å². The third kappa shape index (κ3) is 6.61. The number of nitrogens with zero attached hydrogens (tertiary/aromatic N) is 2. The fourth-order valence-corrected chi connectivity index (χ4v) is 4.58. The summed E-state index contributed by atoms with van der Waals surface area (Å²) in [6.07, 6.45) is 0.204. The summed E-state index contributed by atoms with van der Waals surface area (Å²) in [5.41, 5.74) is 1.62. The second-order valence-electron chi connectivity index (χ2n) is 9.31. The lowest BCUT2D eigenvalue weighted by Crippen LogP contribution is -2.39. The molecule has 0 aliphatic heterocycles. The van der Waals surface area contributed by atoms with Crippen molar-refractivity contribution in [3.8, 4) is 29.1 Å². The van der Waals surface area contributed by atoms with Crippen molar-refractivity contribution in [2.24, 2.45) is 5.92 Å². The quantitative estimate of drug-likeness (QED) is 0.406. The maximum absolute atomic E-state index is 11.0. The molecular formula is C28H40N2O6. The summed E-state index contributed by atoms with van der Waals surface area (Å²) in [7, 11) is 8.21. The van der Waals surface area contributed by atoms with E-state index in [-0.39, 0.29) is 18.9 Å². The number of ether oxygens (including phenoxy) is 4. The first kappa shape index (κ1) is 29.2. The van der Waals surface area contributed by atoms with E-state index in [9.17, 15) is 15.5 Å². The van der Waals surface area contributed by atoms with E-state index in [0.29, 0.717) is 42.5 Å². The van der Waals surface area contributed by atoms with Crippen LogP contribution in [0.5, 0.6) is 23.0 Å². The molecule has 0 fully saturated rings. The summed E-state index contributed by atoms with van der Waals surface area (Å²) in [5, 5.41) is 31.1. The molecule has 0 bridgehead atoms. The first-order chi connectivity index (χ1) is 17.2. The molecule has 0 saturated heterocycles. The van der Waals surface area contributed by atoms with E-state index in [1.54, 1.807) is 40.6 Å². The Morgan fingerprint density at radius 3 is 1.97 bits per heavy atom. The van der Waals surface area contributed by atoms with Crippen molar-refractivity contribution in [2.75, 3.05) is 48.6 Å². The van der Waals surface area contributed by atoms with Gasteiger partial charge in [0.1, 0.15) is 0 Å². The maximum Gasteiger partial charge on any atom is 0.161 e. The van der Waals surface area contributed by atoms with Crippen LogP contribution in [0.2, 0.25) is 0 Å². The Labute approximate surface area is 215 Å².